The van der Waals surface area contributed by atoms with Crippen molar-refractivity contribution in [2.24, 2.45) is 0 Å². The molecule has 6 nitrogen and oxygen atoms in total. The van der Waals surface area contributed by atoms with Gasteiger partial charge in [-0.1, -0.05) is 29.3 Å². The summed E-state index contributed by atoms with van der Waals surface area (Å²) in [5.74, 6) is -0.124. The Hall–Kier alpha value is -1.76. The Bertz CT molecular complexity index is 705. The van der Waals surface area contributed by atoms with Crippen LogP contribution < -0.4 is 10.6 Å². The van der Waals surface area contributed by atoms with Crippen molar-refractivity contribution in [3.63, 3.8) is 0 Å². The first-order valence-corrected chi connectivity index (χ1v) is 7.80. The van der Waals surface area contributed by atoms with Crippen LogP contribution in [0.15, 0.2) is 29.5 Å². The molecule has 0 saturated heterocycles. The van der Waals surface area contributed by atoms with Crippen LogP contribution in [0.1, 0.15) is 11.6 Å². The summed E-state index contributed by atoms with van der Waals surface area (Å²) in [5, 5.41) is 6.27. The van der Waals surface area contributed by atoms with Gasteiger partial charge in [0, 0.05) is 13.7 Å². The highest BCUT2D eigenvalue weighted by Gasteiger charge is 2.40. The maximum absolute atomic E-state index is 12.7. The van der Waals surface area contributed by atoms with Crippen LogP contribution in [0.4, 0.5) is 4.79 Å². The molecule has 1 aromatic carbocycles. The van der Waals surface area contributed by atoms with Gasteiger partial charge in [-0.3, -0.25) is 4.79 Å². The highest BCUT2D eigenvalue weighted by atomic mass is 35.5. The van der Waals surface area contributed by atoms with E-state index in [-0.39, 0.29) is 11.9 Å². The summed E-state index contributed by atoms with van der Waals surface area (Å²) in [6.07, 6.45) is 0. The Balaban J connectivity index is 1.94. The number of hydrogen-bond acceptors (Lipinski definition) is 3. The summed E-state index contributed by atoms with van der Waals surface area (Å²) < 4.78 is 5.02. The van der Waals surface area contributed by atoms with Gasteiger partial charge < -0.3 is 20.3 Å². The highest BCUT2D eigenvalue weighted by Crippen LogP contribution is 2.34. The Morgan fingerprint density at radius 2 is 2.09 bits per heavy atom. The molecule has 0 unspecified atom stereocenters. The molecule has 0 radical (unpaired) electrons. The number of hydrogen-bond donors (Lipinski definition) is 2. The maximum Gasteiger partial charge on any atom is 0.319 e. The van der Waals surface area contributed by atoms with E-state index >= 15 is 0 Å². The zero-order chi connectivity index (χ0) is 16.6. The lowest BCUT2D eigenvalue weighted by molar-refractivity contribution is -0.126. The van der Waals surface area contributed by atoms with E-state index in [9.17, 15) is 9.59 Å². The van der Waals surface area contributed by atoms with Crippen LogP contribution in [-0.4, -0.2) is 43.6 Å². The number of ether oxygens (including phenoxy) is 1. The standard InChI is InChI=1S/C15H15Cl2N3O3/c1-23-5-4-20-7-11-12(14(20)21)13(19-15(22)18-11)8-2-3-9(16)10(17)6-8/h2-3,6,13H,4-5,7H2,1H3,(H2,18,19,22)/t13-/m0/s1. The third kappa shape index (κ3) is 3.02. The average molecular weight is 356 g/mol. The molecular weight excluding hydrogens is 341 g/mol. The van der Waals surface area contributed by atoms with Crippen LogP contribution in [-0.2, 0) is 9.53 Å². The molecule has 0 aliphatic carbocycles. The van der Waals surface area contributed by atoms with Gasteiger partial charge in [0.1, 0.15) is 0 Å². The molecule has 1 aromatic rings. The van der Waals surface area contributed by atoms with Crippen molar-refractivity contribution in [1.82, 2.24) is 15.5 Å². The molecule has 0 aromatic heterocycles. The van der Waals surface area contributed by atoms with Gasteiger partial charge in [0.05, 0.1) is 40.5 Å². The van der Waals surface area contributed by atoms with Gasteiger partial charge >= 0.3 is 6.03 Å². The van der Waals surface area contributed by atoms with E-state index in [4.69, 9.17) is 27.9 Å². The fraction of sp³-hybridized carbons (Fsp3) is 0.333. The lowest BCUT2D eigenvalue weighted by Gasteiger charge is -2.25. The van der Waals surface area contributed by atoms with Crippen LogP contribution in [0.2, 0.25) is 10.0 Å². The second-order valence-corrected chi connectivity index (χ2v) is 6.13. The van der Waals surface area contributed by atoms with Crippen LogP contribution in [0.25, 0.3) is 0 Å². The molecule has 122 valence electrons. The minimum Gasteiger partial charge on any atom is -0.383 e. The Kier molecular flexibility index (Phi) is 4.48. The highest BCUT2D eigenvalue weighted by molar-refractivity contribution is 6.42. The zero-order valence-electron chi connectivity index (χ0n) is 12.4. The molecular formula is C15H15Cl2N3O3. The number of urea groups is 1. The van der Waals surface area contributed by atoms with E-state index in [1.807, 2.05) is 0 Å². The molecule has 1 atom stereocenters. The van der Waals surface area contributed by atoms with Gasteiger partial charge in [-0.2, -0.15) is 0 Å². The first-order chi connectivity index (χ1) is 11.0. The van der Waals surface area contributed by atoms with Crippen LogP contribution in [0.3, 0.4) is 0 Å². The molecule has 0 bridgehead atoms. The van der Waals surface area contributed by atoms with Crippen molar-refractivity contribution < 1.29 is 14.3 Å². The molecule has 0 saturated carbocycles. The van der Waals surface area contributed by atoms with Crippen molar-refractivity contribution in [2.75, 3.05) is 26.8 Å². The smallest absolute Gasteiger partial charge is 0.319 e. The fourth-order valence-corrected chi connectivity index (χ4v) is 3.06. The number of rotatable bonds is 4. The molecule has 3 amide bonds. The number of carbonyl (C=O) groups excluding carboxylic acids is 2. The van der Waals surface area contributed by atoms with Crippen molar-refractivity contribution in [3.05, 3.63) is 45.1 Å². The fourth-order valence-electron chi connectivity index (χ4n) is 2.75. The molecule has 2 aliphatic heterocycles. The van der Waals surface area contributed by atoms with E-state index in [2.05, 4.69) is 10.6 Å². The van der Waals surface area contributed by atoms with E-state index < -0.39 is 6.04 Å². The first kappa shape index (κ1) is 16.1. The van der Waals surface area contributed by atoms with E-state index in [1.54, 1.807) is 30.2 Å². The summed E-state index contributed by atoms with van der Waals surface area (Å²) in [7, 11) is 1.58. The predicted octanol–water partition coefficient (Wildman–Crippen LogP) is 2.09. The second-order valence-electron chi connectivity index (χ2n) is 5.32. The SMILES string of the molecule is COCCN1CC2=C(C1=O)[C@H](c1ccc(Cl)c(Cl)c1)NC(=O)N2. The largest absolute Gasteiger partial charge is 0.383 e. The zero-order valence-corrected chi connectivity index (χ0v) is 13.9. The molecule has 8 heteroatoms. The van der Waals surface area contributed by atoms with Crippen molar-refractivity contribution in [1.29, 1.82) is 0 Å². The first-order valence-electron chi connectivity index (χ1n) is 7.05. The summed E-state index contributed by atoms with van der Waals surface area (Å²) >= 11 is 12.0. The van der Waals surface area contributed by atoms with Crippen LogP contribution >= 0.6 is 23.2 Å². The summed E-state index contributed by atoms with van der Waals surface area (Å²) in [5.41, 5.74) is 1.86. The Morgan fingerprint density at radius 3 is 2.78 bits per heavy atom. The lowest BCUT2D eigenvalue weighted by atomic mass is 9.96. The average Bonchev–Trinajstić information content (AvgIpc) is 2.83. The monoisotopic (exact) mass is 355 g/mol. The van der Waals surface area contributed by atoms with E-state index in [0.717, 1.165) is 0 Å². The van der Waals surface area contributed by atoms with E-state index in [1.165, 1.54) is 0 Å². The van der Waals surface area contributed by atoms with E-state index in [0.29, 0.717) is 46.6 Å². The number of nitrogens with zero attached hydrogens (tertiary/aromatic N) is 1. The van der Waals surface area contributed by atoms with Gasteiger partial charge in [-0.25, -0.2) is 4.79 Å². The predicted molar refractivity (Wildman–Crippen MR) is 86.4 cm³/mol. The molecule has 23 heavy (non-hydrogen) atoms. The topological polar surface area (TPSA) is 70.7 Å². The summed E-state index contributed by atoms with van der Waals surface area (Å²) in [4.78, 5) is 26.2. The summed E-state index contributed by atoms with van der Waals surface area (Å²) in [6.45, 7) is 1.26. The van der Waals surface area contributed by atoms with Crippen LogP contribution in [0.5, 0.6) is 0 Å². The molecule has 3 rings (SSSR count). The quantitative estimate of drug-likeness (QED) is 0.868. The number of carbonyl (C=O) groups is 2. The summed E-state index contributed by atoms with van der Waals surface area (Å²) in [6, 6.07) is 4.17. The number of halogens is 2. The number of benzene rings is 1. The number of methoxy groups -OCH3 is 1. The molecule has 0 fully saturated rings. The second kappa shape index (κ2) is 6.39. The normalized spacial score (nSPS) is 20.5. The molecule has 2 heterocycles. The third-order valence-electron chi connectivity index (χ3n) is 3.86. The van der Waals surface area contributed by atoms with Gasteiger partial charge in [-0.05, 0) is 17.7 Å². The minimum absolute atomic E-state index is 0.124. The molecule has 0 spiro atoms. The Labute approximate surface area is 143 Å². The third-order valence-corrected chi connectivity index (χ3v) is 4.60. The number of amides is 3. The van der Waals surface area contributed by atoms with Gasteiger partial charge in [0.2, 0.25) is 0 Å². The molecule has 2 N–H and O–H groups in total. The van der Waals surface area contributed by atoms with Crippen LogP contribution in [0, 0.1) is 0 Å². The van der Waals surface area contributed by atoms with Crippen molar-refractivity contribution in [3.8, 4) is 0 Å². The number of nitrogens with one attached hydrogen (secondary N) is 2. The Morgan fingerprint density at radius 1 is 1.30 bits per heavy atom. The molecule has 2 aliphatic rings. The van der Waals surface area contributed by atoms with Crippen molar-refractivity contribution >= 4 is 35.1 Å². The van der Waals surface area contributed by atoms with Gasteiger partial charge in [-0.15, -0.1) is 0 Å². The lowest BCUT2D eigenvalue weighted by Crippen LogP contribution is -2.44. The maximum atomic E-state index is 12.7. The minimum atomic E-state index is -0.548. The van der Waals surface area contributed by atoms with Crippen molar-refractivity contribution in [2.45, 2.75) is 6.04 Å². The van der Waals surface area contributed by atoms with Gasteiger partial charge in [0.25, 0.3) is 5.91 Å². The van der Waals surface area contributed by atoms with Gasteiger partial charge in [0.15, 0.2) is 0 Å².